The van der Waals surface area contributed by atoms with Crippen molar-refractivity contribution < 1.29 is 127 Å². The summed E-state index contributed by atoms with van der Waals surface area (Å²) in [5, 5.41) is 0. The summed E-state index contributed by atoms with van der Waals surface area (Å²) in [6, 6.07) is -10.1. The predicted molar refractivity (Wildman–Crippen MR) is 215 cm³/mol. The fourth-order valence-electron chi connectivity index (χ4n) is 2.06. The molecule has 52 heavy (non-hydrogen) atoms. The molecule has 0 aromatic carbocycles. The molecule has 0 aliphatic rings. The van der Waals surface area contributed by atoms with E-state index in [0.717, 1.165) is 0 Å². The van der Waals surface area contributed by atoms with E-state index in [0.29, 0.717) is 0 Å². The van der Waals surface area contributed by atoms with Gasteiger partial charge in [0.15, 0.2) is 6.10 Å². The molecule has 2 atom stereocenters. The standard InChI is InChI=1S/C42H80NO8P/c1-6-8-10-12-14-16-18-20-21-23-25-27-29-31-33-35-42(45)51-40(39-50-52(46,47)49-37-36-43(3,4)5)38-48-41(44)34-32-30-28-26-24-22-19-17-15-13-11-9-7-2/h14,16,20-21,40H,6-13,15,17-19,22-39H2,1-5H3/p+1/b16-14-,21-20-/t40-/m1/s1/i1D3,2D3,6D2,7D2,8D2,9D2,10D2,11D2,12D2,13D2,14D,15D2,16D,17D2,18D2,19D2,20D,21D,22D2,23D2,24D2,25D2,26D2,27D2,28D2,29D2,30D2,31D2,32D2,33D2,34D2,35D2. The molecule has 0 spiro atoms. The number of allylic oxidation sites excluding steroid dienone is 4. The average molecular weight is 821 g/mol. The molecule has 0 aliphatic heterocycles. The lowest BCUT2D eigenvalue weighted by atomic mass is 10.0. The van der Waals surface area contributed by atoms with Gasteiger partial charge in [-0.2, -0.15) is 0 Å². The highest BCUT2D eigenvalue weighted by molar-refractivity contribution is 7.47. The summed E-state index contributed by atoms with van der Waals surface area (Å²) in [5.41, 5.74) is 0. The zero-order valence-electron chi connectivity index (χ0n) is 89.6. The minimum atomic E-state index is -5.68. The van der Waals surface area contributed by atoms with Crippen molar-refractivity contribution in [2.75, 3.05) is 47.5 Å². The first-order valence-corrected chi connectivity index (χ1v) is 15.1. The number of carbonyl (C=O) groups is 2. The average Bonchev–Trinajstić information content (AvgIpc) is 0.678. The zero-order chi connectivity index (χ0) is 93.7. The van der Waals surface area contributed by atoms with Crippen molar-refractivity contribution in [2.45, 2.75) is 186 Å². The number of nitrogens with zero attached hydrogens (tertiary/aromatic N) is 1. The van der Waals surface area contributed by atoms with E-state index in [4.69, 9.17) is 89.5 Å². The number of likely N-dealkylation sites (N-methyl/N-ethyl adjacent to an activating group) is 1. The normalized spacial score (nSPS) is 39.9. The first-order chi connectivity index (χ1) is 48.5. The molecule has 0 saturated heterocycles. The molecule has 0 saturated carbocycles. The fourth-order valence-corrected chi connectivity index (χ4v) is 2.80. The van der Waals surface area contributed by atoms with Crippen LogP contribution in [0.1, 0.15) is 264 Å². The molecule has 0 aromatic heterocycles. The second kappa shape index (κ2) is 35.2. The van der Waals surface area contributed by atoms with Gasteiger partial charge in [0.05, 0.1) is 33.2 Å². The predicted octanol–water partition coefficient (Wildman–Crippen LogP) is 11.6. The molecule has 1 N–H and O–H groups in total. The number of quaternary nitrogens is 1. The maximum absolute atomic E-state index is 14.0. The quantitative estimate of drug-likeness (QED) is 0.0284. The van der Waals surface area contributed by atoms with Crippen LogP contribution in [0.5, 0.6) is 0 Å². The first kappa shape index (κ1) is 9.95. The van der Waals surface area contributed by atoms with Gasteiger partial charge < -0.3 is 18.9 Å². The summed E-state index contributed by atoms with van der Waals surface area (Å²) in [7, 11) is -1.23. The van der Waals surface area contributed by atoms with Gasteiger partial charge in [-0.3, -0.25) is 18.6 Å². The van der Waals surface area contributed by atoms with Gasteiger partial charge in [-0.05, 0) is 44.6 Å². The number of rotatable bonds is 38. The Balaban J connectivity index is 8.25. The monoisotopic (exact) mass is 821 g/mol. The molecule has 0 heterocycles. The third kappa shape index (κ3) is 38.2. The van der Waals surface area contributed by atoms with Crippen LogP contribution in [-0.4, -0.2) is 74.9 Å². The lowest BCUT2D eigenvalue weighted by Crippen LogP contribution is -2.37. The number of hydrogen-bond donors (Lipinski definition) is 1. The molecule has 0 aliphatic carbocycles. The van der Waals surface area contributed by atoms with Crippen molar-refractivity contribution in [3.05, 3.63) is 24.2 Å². The molecule has 0 bridgehead atoms. The summed E-state index contributed by atoms with van der Waals surface area (Å²) in [4.78, 5) is 38.2. The highest BCUT2D eigenvalue weighted by atomic mass is 31.2. The number of hydrogen-bond acceptors (Lipinski definition) is 7. The number of carbonyl (C=O) groups excluding carboxylic acids is 2. The van der Waals surface area contributed by atoms with E-state index in [1.165, 1.54) is 21.1 Å². The summed E-state index contributed by atoms with van der Waals surface area (Å²) in [6.45, 7) is -13.6. The Kier molecular flexibility index (Phi) is 6.74. The van der Waals surface area contributed by atoms with E-state index in [9.17, 15) is 19.0 Å². The van der Waals surface area contributed by atoms with E-state index in [1.54, 1.807) is 0 Å². The van der Waals surface area contributed by atoms with Crippen molar-refractivity contribution >= 4 is 19.8 Å². The molecule has 1 unspecified atom stereocenters. The molecule has 9 nitrogen and oxygen atoms in total. The van der Waals surface area contributed by atoms with E-state index >= 15 is 0 Å². The van der Waals surface area contributed by atoms with Crippen molar-refractivity contribution in [3.63, 3.8) is 0 Å². The molecule has 0 amide bonds. The van der Waals surface area contributed by atoms with E-state index in [2.05, 4.69) is 14.0 Å². The number of ether oxygens (including phenoxy) is 2. The van der Waals surface area contributed by atoms with Crippen LogP contribution in [0.2, 0.25) is 0 Å². The summed E-state index contributed by atoms with van der Waals surface area (Å²) in [6.07, 6.45) is -136. The maximum atomic E-state index is 14.0. The summed E-state index contributed by atoms with van der Waals surface area (Å²) >= 11 is 0. The number of esters is 2. The lowest BCUT2D eigenvalue weighted by molar-refractivity contribution is -0.870. The van der Waals surface area contributed by atoms with Crippen LogP contribution in [0.3, 0.4) is 0 Å². The molecule has 0 aromatic rings. The third-order valence-corrected chi connectivity index (χ3v) is 5.05. The van der Waals surface area contributed by atoms with Gasteiger partial charge in [0.25, 0.3) is 0 Å². The number of phosphoric acid groups is 1. The lowest BCUT2D eigenvalue weighted by Gasteiger charge is -2.24. The van der Waals surface area contributed by atoms with Gasteiger partial charge in [0.2, 0.25) is 0 Å². The van der Waals surface area contributed by atoms with Gasteiger partial charge in [-0.15, -0.1) is 0 Å². The van der Waals surface area contributed by atoms with Crippen molar-refractivity contribution in [3.8, 4) is 0 Å². The smallest absolute Gasteiger partial charge is 0.462 e. The minimum absolute atomic E-state index is 0.0565. The van der Waals surface area contributed by atoms with Gasteiger partial charge in [0.1, 0.15) is 19.8 Å². The number of phosphoric ester groups is 1. The Morgan fingerprint density at radius 1 is 0.673 bits per heavy atom. The Morgan fingerprint density at radius 2 is 1.13 bits per heavy atom. The highest BCUT2D eigenvalue weighted by Crippen LogP contribution is 2.43. The van der Waals surface area contributed by atoms with Crippen LogP contribution < -0.4 is 0 Å². The van der Waals surface area contributed by atoms with Crippen molar-refractivity contribution in [2.24, 2.45) is 0 Å². The van der Waals surface area contributed by atoms with Gasteiger partial charge >= 0.3 is 19.8 Å². The van der Waals surface area contributed by atoms with Crippen LogP contribution in [0.25, 0.3) is 0 Å². The Bertz CT molecular complexity index is 3590. The van der Waals surface area contributed by atoms with Gasteiger partial charge in [-0.1, -0.05) is 146 Å². The zero-order valence-corrected chi connectivity index (χ0v) is 28.5. The SMILES string of the molecule is [2H]/C(=C(\[2H])C([2H])([2H])C([2H])([2H])C([2H])([2H])C([2H])([2H])C([2H])([2H])[2H])C([2H])([2H])/C([2H])=C(/[2H])C([2H])([2H])C([2H])([2H])C([2H])([2H])C([2H])([2H])C([2H])([2H])C([2H])([2H])C([2H])([2H])C(=O)O[C@H](COC(=O)C([2H])([2H])C([2H])([2H])C([2H])([2H])C([2H])([2H])C([2H])([2H])C([2H])([2H])C([2H])([2H])C([2H])([2H])C([2H])([2H])C([2H])([2H])C([2H])([2H])C([2H])([2H])C([2H])([2H])C([2H])([2H])C([2H])([2H])[2H])COP(=O)(O)OCC[N+](C)(C)C. The van der Waals surface area contributed by atoms with Crippen LogP contribution in [0.15, 0.2) is 24.2 Å². The molecule has 0 rings (SSSR count). The van der Waals surface area contributed by atoms with Crippen molar-refractivity contribution in [1.82, 2.24) is 0 Å². The Hall–Kier alpha value is -1.51. The van der Waals surface area contributed by atoms with E-state index in [1.807, 2.05) is 0 Å². The minimum Gasteiger partial charge on any atom is -0.462 e. The molecular weight excluding hydrogens is 677 g/mol. The highest BCUT2D eigenvalue weighted by Gasteiger charge is 2.27. The van der Waals surface area contributed by atoms with E-state index in [-0.39, 0.29) is 11.0 Å². The summed E-state index contributed by atoms with van der Waals surface area (Å²) in [5.74, 6) is -6.09. The Labute approximate surface area is 407 Å². The first-order valence-electron chi connectivity index (χ1n) is 44.6. The summed E-state index contributed by atoms with van der Waals surface area (Å²) < 4.78 is 540. The largest absolute Gasteiger partial charge is 0.472 e. The second-order valence-corrected chi connectivity index (χ2v) is 10.4. The molecular formula is C42H81NO8P+. The Morgan fingerprint density at radius 3 is 1.67 bits per heavy atom. The molecule has 0 radical (unpaired) electrons. The van der Waals surface area contributed by atoms with Crippen LogP contribution in [0.4, 0.5) is 0 Å². The van der Waals surface area contributed by atoms with Crippen molar-refractivity contribution in [1.29, 1.82) is 0 Å². The van der Waals surface area contributed by atoms with Gasteiger partial charge in [-0.25, -0.2) is 4.57 Å². The van der Waals surface area contributed by atoms with Crippen LogP contribution >= 0.6 is 7.82 Å². The van der Waals surface area contributed by atoms with Crippen LogP contribution in [-0.2, 0) is 32.7 Å². The second-order valence-electron chi connectivity index (χ2n) is 8.99. The maximum Gasteiger partial charge on any atom is 0.472 e. The fraction of sp³-hybridized carbons (Fsp3) is 0.857. The van der Waals surface area contributed by atoms with Gasteiger partial charge in [0, 0.05) is 92.2 Å². The molecule has 10 heteroatoms. The third-order valence-electron chi connectivity index (χ3n) is 4.07. The molecule has 0 fully saturated rings. The molecule has 306 valence electrons. The van der Waals surface area contributed by atoms with E-state index < -0.39 is 249 Å². The topological polar surface area (TPSA) is 108 Å². The van der Waals surface area contributed by atoms with Crippen LogP contribution in [0, 0.1) is 0 Å².